The van der Waals surface area contributed by atoms with Gasteiger partial charge in [0.1, 0.15) is 0 Å². The number of rotatable bonds is 0. The molecule has 76 valence electrons. The minimum absolute atomic E-state index is 1.13. The molecule has 2 rings (SSSR count). The van der Waals surface area contributed by atoms with E-state index in [1.54, 1.807) is 0 Å². The van der Waals surface area contributed by atoms with E-state index in [1.165, 1.54) is 18.5 Å². The third-order valence-corrected chi connectivity index (χ3v) is 1.79. The molecule has 2 heteroatoms. The quantitative estimate of drug-likeness (QED) is 0.602. The number of nitrogens with zero attached hydrogens (tertiary/aromatic N) is 2. The Morgan fingerprint density at radius 1 is 1.23 bits per heavy atom. The summed E-state index contributed by atoms with van der Waals surface area (Å²) >= 11 is 0. The van der Waals surface area contributed by atoms with Gasteiger partial charge < -0.3 is 0 Å². The van der Waals surface area contributed by atoms with Crippen molar-refractivity contribution in [1.29, 1.82) is 0 Å². The van der Waals surface area contributed by atoms with E-state index in [1.807, 2.05) is 34.6 Å². The zero-order valence-electron chi connectivity index (χ0n) is 9.59. The molecule has 0 atom stereocenters. The lowest BCUT2D eigenvalue weighted by Gasteiger charge is -1.88. The van der Waals surface area contributed by atoms with Crippen molar-refractivity contribution in [3.63, 3.8) is 0 Å². The number of fused-ring (bicyclic) bond motifs is 1. The predicted molar refractivity (Wildman–Crippen MR) is 58.0 cm³/mol. The average molecular weight is 182 g/mol. The molecule has 1 aromatic rings. The van der Waals surface area contributed by atoms with Crippen LogP contribution in [0.4, 0.5) is 0 Å². The van der Waals surface area contributed by atoms with E-state index >= 15 is 0 Å². The molecule has 2 nitrogen and oxygen atoms in total. The maximum Gasteiger partial charge on any atom is 0.0596 e. The highest BCUT2D eigenvalue weighted by Crippen LogP contribution is 2.13. The Balaban J connectivity index is 0.000000322. The van der Waals surface area contributed by atoms with Crippen molar-refractivity contribution in [2.75, 3.05) is 0 Å². The first-order chi connectivity index (χ1) is 6.36. The van der Waals surface area contributed by atoms with Gasteiger partial charge in [-0.05, 0) is 25.8 Å². The SMILES string of the molecule is CC.CC.Cc1cc2n(n1)CCC2. The van der Waals surface area contributed by atoms with Crippen LogP contribution in [0.15, 0.2) is 6.07 Å². The highest BCUT2D eigenvalue weighted by Gasteiger charge is 2.10. The molecule has 13 heavy (non-hydrogen) atoms. The fourth-order valence-corrected chi connectivity index (χ4v) is 1.40. The second-order valence-electron chi connectivity index (χ2n) is 2.60. The second-order valence-corrected chi connectivity index (χ2v) is 2.60. The Bertz CT molecular complexity index is 204. The third-order valence-electron chi connectivity index (χ3n) is 1.79. The Morgan fingerprint density at radius 3 is 2.38 bits per heavy atom. The van der Waals surface area contributed by atoms with Gasteiger partial charge in [0.25, 0.3) is 0 Å². The molecule has 0 aromatic carbocycles. The fourth-order valence-electron chi connectivity index (χ4n) is 1.40. The maximum atomic E-state index is 4.31. The van der Waals surface area contributed by atoms with Crippen LogP contribution in [-0.4, -0.2) is 9.78 Å². The van der Waals surface area contributed by atoms with E-state index in [9.17, 15) is 0 Å². The van der Waals surface area contributed by atoms with Crippen LogP contribution < -0.4 is 0 Å². The molecule has 0 aliphatic carbocycles. The summed E-state index contributed by atoms with van der Waals surface area (Å²) in [5.41, 5.74) is 2.57. The molecule has 0 radical (unpaired) electrons. The molecule has 1 aliphatic rings. The summed E-state index contributed by atoms with van der Waals surface area (Å²) in [6, 6.07) is 2.17. The largest absolute Gasteiger partial charge is 0.269 e. The van der Waals surface area contributed by atoms with Crippen LogP contribution in [0.2, 0.25) is 0 Å². The van der Waals surface area contributed by atoms with Gasteiger partial charge in [-0.2, -0.15) is 5.10 Å². The molecule has 0 amide bonds. The molecule has 0 bridgehead atoms. The Morgan fingerprint density at radius 2 is 1.85 bits per heavy atom. The molecular weight excluding hydrogens is 160 g/mol. The highest BCUT2D eigenvalue weighted by atomic mass is 15.3. The number of hydrogen-bond donors (Lipinski definition) is 0. The summed E-state index contributed by atoms with van der Waals surface area (Å²) in [7, 11) is 0. The molecule has 0 spiro atoms. The monoisotopic (exact) mass is 182 g/mol. The minimum Gasteiger partial charge on any atom is -0.269 e. The van der Waals surface area contributed by atoms with Gasteiger partial charge in [0, 0.05) is 12.2 Å². The van der Waals surface area contributed by atoms with Crippen LogP contribution in [-0.2, 0) is 13.0 Å². The maximum absolute atomic E-state index is 4.31. The van der Waals surface area contributed by atoms with Crippen LogP contribution in [0.3, 0.4) is 0 Å². The lowest BCUT2D eigenvalue weighted by molar-refractivity contribution is 0.650. The zero-order valence-corrected chi connectivity index (χ0v) is 9.59. The van der Waals surface area contributed by atoms with Crippen molar-refractivity contribution >= 4 is 0 Å². The Labute approximate surface area is 82.0 Å². The summed E-state index contributed by atoms with van der Waals surface area (Å²) in [5.74, 6) is 0. The van der Waals surface area contributed by atoms with Crippen molar-refractivity contribution in [2.45, 2.75) is 54.0 Å². The van der Waals surface area contributed by atoms with E-state index in [2.05, 4.69) is 15.8 Å². The van der Waals surface area contributed by atoms with E-state index in [4.69, 9.17) is 0 Å². The fraction of sp³-hybridized carbons (Fsp3) is 0.727. The topological polar surface area (TPSA) is 17.8 Å². The van der Waals surface area contributed by atoms with E-state index in [0.717, 1.165) is 12.2 Å². The standard InChI is InChI=1S/C7H10N2.2C2H6/c1-6-5-7-3-2-4-9(7)8-6;2*1-2/h5H,2-4H2,1H3;2*1-2H3. The van der Waals surface area contributed by atoms with Crippen molar-refractivity contribution in [3.05, 3.63) is 17.5 Å². The first kappa shape index (κ1) is 12.2. The van der Waals surface area contributed by atoms with Crippen LogP contribution in [0.25, 0.3) is 0 Å². The molecule has 0 unspecified atom stereocenters. The highest BCUT2D eigenvalue weighted by molar-refractivity contribution is 5.11. The first-order valence-corrected chi connectivity index (χ1v) is 5.39. The van der Waals surface area contributed by atoms with Crippen molar-refractivity contribution in [1.82, 2.24) is 9.78 Å². The molecular formula is C11H22N2. The molecule has 0 saturated heterocycles. The molecule has 0 saturated carbocycles. The Hall–Kier alpha value is -0.790. The number of aryl methyl sites for hydroxylation is 3. The van der Waals surface area contributed by atoms with Gasteiger partial charge in [0.2, 0.25) is 0 Å². The van der Waals surface area contributed by atoms with Gasteiger partial charge in [-0.15, -0.1) is 0 Å². The van der Waals surface area contributed by atoms with Gasteiger partial charge in [-0.1, -0.05) is 27.7 Å². The van der Waals surface area contributed by atoms with Crippen molar-refractivity contribution in [2.24, 2.45) is 0 Å². The molecule has 0 fully saturated rings. The average Bonchev–Trinajstić information content (AvgIpc) is 2.71. The summed E-state index contributed by atoms with van der Waals surface area (Å²) in [4.78, 5) is 0. The summed E-state index contributed by atoms with van der Waals surface area (Å²) < 4.78 is 2.11. The van der Waals surface area contributed by atoms with Crippen molar-refractivity contribution in [3.8, 4) is 0 Å². The minimum atomic E-state index is 1.13. The lowest BCUT2D eigenvalue weighted by Crippen LogP contribution is -1.93. The normalized spacial score (nSPS) is 12.1. The smallest absolute Gasteiger partial charge is 0.0596 e. The predicted octanol–water partition coefficient (Wildman–Crippen LogP) is 3.19. The number of aromatic nitrogens is 2. The van der Waals surface area contributed by atoms with Gasteiger partial charge in [-0.25, -0.2) is 0 Å². The van der Waals surface area contributed by atoms with Gasteiger partial charge in [-0.3, -0.25) is 4.68 Å². The van der Waals surface area contributed by atoms with Gasteiger partial charge in [0.05, 0.1) is 5.69 Å². The first-order valence-electron chi connectivity index (χ1n) is 5.39. The Kier molecular flexibility index (Phi) is 6.29. The van der Waals surface area contributed by atoms with Crippen LogP contribution >= 0.6 is 0 Å². The van der Waals surface area contributed by atoms with Crippen LogP contribution in [0, 0.1) is 6.92 Å². The number of hydrogen-bond acceptors (Lipinski definition) is 1. The van der Waals surface area contributed by atoms with E-state index in [0.29, 0.717) is 0 Å². The van der Waals surface area contributed by atoms with Crippen LogP contribution in [0.1, 0.15) is 45.5 Å². The van der Waals surface area contributed by atoms with Gasteiger partial charge in [0.15, 0.2) is 0 Å². The summed E-state index contributed by atoms with van der Waals surface area (Å²) in [6.07, 6.45) is 2.50. The van der Waals surface area contributed by atoms with Crippen LogP contribution in [0.5, 0.6) is 0 Å². The third kappa shape index (κ3) is 3.21. The molecule has 1 aromatic heterocycles. The molecule has 0 N–H and O–H groups in total. The van der Waals surface area contributed by atoms with Gasteiger partial charge >= 0.3 is 0 Å². The molecule has 1 aliphatic heterocycles. The summed E-state index contributed by atoms with van der Waals surface area (Å²) in [6.45, 7) is 11.2. The second kappa shape index (κ2) is 6.70. The van der Waals surface area contributed by atoms with Crippen molar-refractivity contribution < 1.29 is 0 Å². The van der Waals surface area contributed by atoms with E-state index < -0.39 is 0 Å². The lowest BCUT2D eigenvalue weighted by atomic mass is 10.3. The molecule has 2 heterocycles. The summed E-state index contributed by atoms with van der Waals surface area (Å²) in [5, 5.41) is 4.31. The van der Waals surface area contributed by atoms with E-state index in [-0.39, 0.29) is 0 Å². The zero-order chi connectivity index (χ0) is 10.3.